The summed E-state index contributed by atoms with van der Waals surface area (Å²) >= 11 is 0. The summed E-state index contributed by atoms with van der Waals surface area (Å²) in [5.74, 6) is 0.192. The fourth-order valence-electron chi connectivity index (χ4n) is 4.20. The lowest BCUT2D eigenvalue weighted by Crippen LogP contribution is -2.30. The number of nitrogens with zero attached hydrogens (tertiary/aromatic N) is 1. The summed E-state index contributed by atoms with van der Waals surface area (Å²) in [5.41, 5.74) is 2.30. The number of hydrogen-bond donors (Lipinski definition) is 0. The van der Waals surface area contributed by atoms with Crippen LogP contribution in [-0.2, 0) is 16.1 Å². The van der Waals surface area contributed by atoms with Crippen molar-refractivity contribution in [2.75, 3.05) is 0 Å². The number of imide groups is 1. The second-order valence-electron chi connectivity index (χ2n) is 6.88. The lowest BCUT2D eigenvalue weighted by molar-refractivity contribution is -0.140. The summed E-state index contributed by atoms with van der Waals surface area (Å²) in [6.07, 6.45) is 2.61. The van der Waals surface area contributed by atoms with Gasteiger partial charge in [-0.2, -0.15) is 0 Å². The van der Waals surface area contributed by atoms with Gasteiger partial charge in [0.2, 0.25) is 11.8 Å². The number of fused-ring (bicyclic) bond motifs is 1. The van der Waals surface area contributed by atoms with E-state index in [2.05, 4.69) is 12.1 Å². The molecule has 3 unspecified atom stereocenters. The molecule has 1 saturated heterocycles. The molecule has 0 spiro atoms. The molecule has 2 aliphatic rings. The highest BCUT2D eigenvalue weighted by atomic mass is 16.2. The summed E-state index contributed by atoms with van der Waals surface area (Å²) in [5, 5.41) is 0. The largest absolute Gasteiger partial charge is 0.278 e. The molecule has 0 bridgehead atoms. The molecule has 0 N–H and O–H groups in total. The van der Waals surface area contributed by atoms with Gasteiger partial charge in [-0.25, -0.2) is 0 Å². The highest BCUT2D eigenvalue weighted by molar-refractivity contribution is 6.05. The lowest BCUT2D eigenvalue weighted by atomic mass is 9.73. The summed E-state index contributed by atoms with van der Waals surface area (Å²) in [6, 6.07) is 20.1. The first-order valence-electron chi connectivity index (χ1n) is 8.68. The minimum atomic E-state index is -0.139. The van der Waals surface area contributed by atoms with Crippen molar-refractivity contribution in [2.45, 2.75) is 31.7 Å². The van der Waals surface area contributed by atoms with Crippen molar-refractivity contribution in [1.82, 2.24) is 4.90 Å². The Hall–Kier alpha value is -2.42. The Balaban J connectivity index is 1.52. The fraction of sp³-hybridized carbons (Fsp3) is 0.333. The van der Waals surface area contributed by atoms with Crippen LogP contribution in [0.2, 0.25) is 0 Å². The Labute approximate surface area is 142 Å². The molecule has 3 atom stereocenters. The number of carbonyl (C=O) groups excluding carboxylic acids is 2. The predicted molar refractivity (Wildman–Crippen MR) is 92.0 cm³/mol. The molecule has 2 fully saturated rings. The smallest absolute Gasteiger partial charge is 0.233 e. The number of rotatable bonds is 3. The average molecular weight is 319 g/mol. The molecule has 122 valence electrons. The van der Waals surface area contributed by atoms with Crippen LogP contribution in [0.15, 0.2) is 60.7 Å². The maximum atomic E-state index is 12.8. The second-order valence-corrected chi connectivity index (χ2v) is 6.88. The lowest BCUT2D eigenvalue weighted by Gasteiger charge is -2.28. The van der Waals surface area contributed by atoms with E-state index in [1.807, 2.05) is 48.5 Å². The van der Waals surface area contributed by atoms with Crippen LogP contribution in [0.3, 0.4) is 0 Å². The Morgan fingerprint density at radius 1 is 0.792 bits per heavy atom. The molecular weight excluding hydrogens is 298 g/mol. The molecule has 1 aliphatic heterocycles. The third-order valence-electron chi connectivity index (χ3n) is 5.47. The van der Waals surface area contributed by atoms with Crippen LogP contribution < -0.4 is 0 Å². The molecule has 1 heterocycles. The van der Waals surface area contributed by atoms with E-state index in [9.17, 15) is 9.59 Å². The summed E-state index contributed by atoms with van der Waals surface area (Å²) in [7, 11) is 0. The van der Waals surface area contributed by atoms with E-state index in [1.165, 1.54) is 10.5 Å². The number of benzene rings is 2. The van der Waals surface area contributed by atoms with Crippen molar-refractivity contribution in [3.8, 4) is 0 Å². The molecular formula is C21H21NO2. The highest BCUT2D eigenvalue weighted by Crippen LogP contribution is 2.44. The van der Waals surface area contributed by atoms with Crippen molar-refractivity contribution >= 4 is 11.8 Å². The van der Waals surface area contributed by atoms with Crippen LogP contribution in [0.1, 0.15) is 36.3 Å². The monoisotopic (exact) mass is 319 g/mol. The topological polar surface area (TPSA) is 37.4 Å². The molecule has 4 rings (SSSR count). The van der Waals surface area contributed by atoms with Gasteiger partial charge in [-0.15, -0.1) is 0 Å². The zero-order valence-corrected chi connectivity index (χ0v) is 13.6. The molecule has 2 aromatic rings. The van der Waals surface area contributed by atoms with Crippen LogP contribution in [-0.4, -0.2) is 16.7 Å². The van der Waals surface area contributed by atoms with Gasteiger partial charge in [0.15, 0.2) is 0 Å². The van der Waals surface area contributed by atoms with E-state index in [0.29, 0.717) is 12.5 Å². The zero-order chi connectivity index (χ0) is 16.5. The van der Waals surface area contributed by atoms with Gasteiger partial charge in [0, 0.05) is 0 Å². The standard InChI is InChI=1S/C21H21NO2/c23-20-18-12-11-17(16-9-5-2-6-10-16)13-19(18)21(24)22(20)14-15-7-3-1-4-8-15/h1-10,17-19H,11-14H2. The summed E-state index contributed by atoms with van der Waals surface area (Å²) in [4.78, 5) is 27.0. The first-order chi connectivity index (χ1) is 11.7. The molecule has 1 aliphatic carbocycles. The third-order valence-corrected chi connectivity index (χ3v) is 5.47. The Kier molecular flexibility index (Phi) is 3.93. The van der Waals surface area contributed by atoms with Crippen molar-refractivity contribution in [1.29, 1.82) is 0 Å². The molecule has 24 heavy (non-hydrogen) atoms. The van der Waals surface area contributed by atoms with Crippen molar-refractivity contribution in [2.24, 2.45) is 11.8 Å². The van der Waals surface area contributed by atoms with Gasteiger partial charge in [0.1, 0.15) is 0 Å². The highest BCUT2D eigenvalue weighted by Gasteiger charge is 2.49. The molecule has 3 nitrogen and oxygen atoms in total. The van der Waals surface area contributed by atoms with Gasteiger partial charge >= 0.3 is 0 Å². The minimum Gasteiger partial charge on any atom is -0.278 e. The van der Waals surface area contributed by atoms with Crippen molar-refractivity contribution in [3.63, 3.8) is 0 Å². The van der Waals surface area contributed by atoms with Crippen LogP contribution in [0.5, 0.6) is 0 Å². The van der Waals surface area contributed by atoms with E-state index in [-0.39, 0.29) is 23.7 Å². The van der Waals surface area contributed by atoms with E-state index >= 15 is 0 Å². The Morgan fingerprint density at radius 2 is 1.42 bits per heavy atom. The maximum absolute atomic E-state index is 12.8. The normalized spacial score (nSPS) is 26.5. The number of carbonyl (C=O) groups is 2. The van der Waals surface area contributed by atoms with Gasteiger partial charge in [-0.3, -0.25) is 14.5 Å². The van der Waals surface area contributed by atoms with Crippen LogP contribution in [0.4, 0.5) is 0 Å². The molecule has 2 amide bonds. The van der Waals surface area contributed by atoms with Gasteiger partial charge in [-0.1, -0.05) is 60.7 Å². The molecule has 2 aromatic carbocycles. The maximum Gasteiger partial charge on any atom is 0.233 e. The Morgan fingerprint density at radius 3 is 2.12 bits per heavy atom. The number of hydrogen-bond acceptors (Lipinski definition) is 2. The molecule has 0 aromatic heterocycles. The van der Waals surface area contributed by atoms with Crippen LogP contribution >= 0.6 is 0 Å². The van der Waals surface area contributed by atoms with Gasteiger partial charge < -0.3 is 0 Å². The summed E-state index contributed by atoms with van der Waals surface area (Å²) < 4.78 is 0. The van der Waals surface area contributed by atoms with Gasteiger partial charge in [-0.05, 0) is 36.3 Å². The van der Waals surface area contributed by atoms with Crippen LogP contribution in [0, 0.1) is 11.8 Å². The van der Waals surface area contributed by atoms with Crippen molar-refractivity contribution < 1.29 is 9.59 Å². The SMILES string of the molecule is O=C1C2CCC(c3ccccc3)CC2C(=O)N1Cc1ccccc1. The third kappa shape index (κ3) is 2.64. The molecule has 1 saturated carbocycles. The summed E-state index contributed by atoms with van der Waals surface area (Å²) in [6.45, 7) is 0.404. The molecule has 0 radical (unpaired) electrons. The molecule has 3 heteroatoms. The van der Waals surface area contributed by atoms with E-state index in [4.69, 9.17) is 0 Å². The second kappa shape index (κ2) is 6.23. The first-order valence-corrected chi connectivity index (χ1v) is 8.68. The van der Waals surface area contributed by atoms with E-state index in [0.717, 1.165) is 24.8 Å². The van der Waals surface area contributed by atoms with E-state index in [1.54, 1.807) is 0 Å². The first kappa shape index (κ1) is 15.1. The van der Waals surface area contributed by atoms with Gasteiger partial charge in [0.05, 0.1) is 18.4 Å². The number of likely N-dealkylation sites (tertiary alicyclic amines) is 1. The zero-order valence-electron chi connectivity index (χ0n) is 13.6. The fourth-order valence-corrected chi connectivity index (χ4v) is 4.20. The predicted octanol–water partition coefficient (Wildman–Crippen LogP) is 3.76. The van der Waals surface area contributed by atoms with Crippen LogP contribution in [0.25, 0.3) is 0 Å². The van der Waals surface area contributed by atoms with E-state index < -0.39 is 0 Å². The quantitative estimate of drug-likeness (QED) is 0.808. The average Bonchev–Trinajstić information content (AvgIpc) is 2.88. The minimum absolute atomic E-state index is 0.0227. The Bertz CT molecular complexity index is 741. The van der Waals surface area contributed by atoms with Crippen molar-refractivity contribution in [3.05, 3.63) is 71.8 Å². The number of amides is 2. The van der Waals surface area contributed by atoms with Gasteiger partial charge in [0.25, 0.3) is 0 Å².